The van der Waals surface area contributed by atoms with E-state index in [0.717, 1.165) is 66.2 Å². The van der Waals surface area contributed by atoms with Crippen LogP contribution in [0.4, 0.5) is 0 Å². The first-order valence-electron chi connectivity index (χ1n) is 12.1. The molecule has 0 bridgehead atoms. The average Bonchev–Trinajstić information content (AvgIpc) is 3.58. The van der Waals surface area contributed by atoms with Crippen molar-refractivity contribution in [2.75, 3.05) is 20.2 Å². The normalized spacial score (nSPS) is 14.9. The fourth-order valence-corrected chi connectivity index (χ4v) is 5.11. The van der Waals surface area contributed by atoms with Gasteiger partial charge in [0.15, 0.2) is 11.4 Å². The van der Waals surface area contributed by atoms with Crippen molar-refractivity contribution in [1.82, 2.24) is 44.9 Å². The number of hydrogen-bond donors (Lipinski definition) is 2. The molecular formula is C25H29N9O. The molecule has 0 saturated carbocycles. The summed E-state index contributed by atoms with van der Waals surface area (Å²) < 4.78 is 7.34. The molecule has 0 aliphatic carbocycles. The Hall–Kier alpha value is -3.79. The van der Waals surface area contributed by atoms with Gasteiger partial charge in [0.25, 0.3) is 0 Å². The third kappa shape index (κ3) is 4.03. The monoisotopic (exact) mass is 471 g/mol. The highest BCUT2D eigenvalue weighted by Crippen LogP contribution is 2.36. The van der Waals surface area contributed by atoms with Crippen molar-refractivity contribution in [2.24, 2.45) is 5.92 Å². The first kappa shape index (κ1) is 21.7. The zero-order valence-corrected chi connectivity index (χ0v) is 20.2. The largest absolute Gasteiger partial charge is 0.493 e. The Labute approximate surface area is 202 Å². The van der Waals surface area contributed by atoms with Crippen LogP contribution in [0.5, 0.6) is 5.75 Å². The molecule has 5 aromatic rings. The Morgan fingerprint density at radius 2 is 2.09 bits per heavy atom. The SMILES string of the molecule is COc1cc(-c2[nH]c3ccc(CCC4CN(Cc5c[nH]nn5)C4)nc3c2C(C)C)cn2ncnc12. The molecule has 6 heterocycles. The molecule has 6 rings (SSSR count). The predicted octanol–water partition coefficient (Wildman–Crippen LogP) is 3.59. The smallest absolute Gasteiger partial charge is 0.197 e. The van der Waals surface area contributed by atoms with Gasteiger partial charge >= 0.3 is 0 Å². The number of fused-ring (bicyclic) bond motifs is 2. The molecule has 1 saturated heterocycles. The number of ether oxygens (including phenoxy) is 1. The number of aromatic amines is 2. The zero-order valence-electron chi connectivity index (χ0n) is 20.2. The third-order valence-electron chi connectivity index (χ3n) is 6.86. The molecule has 10 nitrogen and oxygen atoms in total. The lowest BCUT2D eigenvalue weighted by Gasteiger charge is -2.38. The van der Waals surface area contributed by atoms with Crippen molar-refractivity contribution in [1.29, 1.82) is 0 Å². The quantitative estimate of drug-likeness (QED) is 0.356. The predicted molar refractivity (Wildman–Crippen MR) is 132 cm³/mol. The summed E-state index contributed by atoms with van der Waals surface area (Å²) >= 11 is 0. The average molecular weight is 472 g/mol. The highest BCUT2D eigenvalue weighted by Gasteiger charge is 2.27. The van der Waals surface area contributed by atoms with Gasteiger partial charge in [0.2, 0.25) is 0 Å². The van der Waals surface area contributed by atoms with E-state index in [1.807, 2.05) is 18.5 Å². The maximum atomic E-state index is 5.58. The van der Waals surface area contributed by atoms with Gasteiger partial charge in [-0.15, -0.1) is 5.10 Å². The zero-order chi connectivity index (χ0) is 23.9. The van der Waals surface area contributed by atoms with Crippen molar-refractivity contribution in [3.8, 4) is 17.0 Å². The molecule has 1 aliphatic rings. The highest BCUT2D eigenvalue weighted by atomic mass is 16.5. The molecule has 0 spiro atoms. The number of nitrogens with zero attached hydrogens (tertiary/aromatic N) is 7. The Morgan fingerprint density at radius 3 is 2.86 bits per heavy atom. The fourth-order valence-electron chi connectivity index (χ4n) is 5.11. The Bertz CT molecular complexity index is 1460. The minimum Gasteiger partial charge on any atom is -0.493 e. The van der Waals surface area contributed by atoms with Crippen LogP contribution in [-0.2, 0) is 13.0 Å². The topological polar surface area (TPSA) is 113 Å². The van der Waals surface area contributed by atoms with E-state index in [9.17, 15) is 0 Å². The van der Waals surface area contributed by atoms with Gasteiger partial charge in [0.05, 0.1) is 29.5 Å². The van der Waals surface area contributed by atoms with Crippen molar-refractivity contribution >= 4 is 16.7 Å². The van der Waals surface area contributed by atoms with Gasteiger partial charge in [-0.3, -0.25) is 15.0 Å². The van der Waals surface area contributed by atoms with Gasteiger partial charge in [0, 0.05) is 48.8 Å². The molecule has 0 unspecified atom stereocenters. The second-order valence-corrected chi connectivity index (χ2v) is 9.66. The molecular weight excluding hydrogens is 442 g/mol. The summed E-state index contributed by atoms with van der Waals surface area (Å²) in [6, 6.07) is 6.33. The van der Waals surface area contributed by atoms with Crippen molar-refractivity contribution in [3.63, 3.8) is 0 Å². The van der Waals surface area contributed by atoms with Crippen LogP contribution >= 0.6 is 0 Å². The van der Waals surface area contributed by atoms with E-state index in [2.05, 4.69) is 61.4 Å². The van der Waals surface area contributed by atoms with E-state index in [-0.39, 0.29) is 0 Å². The van der Waals surface area contributed by atoms with Gasteiger partial charge in [-0.1, -0.05) is 19.1 Å². The third-order valence-corrected chi connectivity index (χ3v) is 6.86. The summed E-state index contributed by atoms with van der Waals surface area (Å²) in [5.74, 6) is 1.70. The number of rotatable bonds is 8. The summed E-state index contributed by atoms with van der Waals surface area (Å²) in [6.07, 6.45) is 7.52. The van der Waals surface area contributed by atoms with Crippen molar-refractivity contribution in [3.05, 3.63) is 53.9 Å². The summed E-state index contributed by atoms with van der Waals surface area (Å²) in [7, 11) is 1.66. The Balaban J connectivity index is 1.23. The maximum absolute atomic E-state index is 5.58. The molecule has 10 heteroatoms. The molecule has 35 heavy (non-hydrogen) atoms. The number of likely N-dealkylation sites (tertiary alicyclic amines) is 1. The molecule has 0 atom stereocenters. The van der Waals surface area contributed by atoms with Crippen molar-refractivity contribution in [2.45, 2.75) is 39.2 Å². The van der Waals surface area contributed by atoms with Crippen LogP contribution < -0.4 is 4.74 Å². The number of hydrogen-bond acceptors (Lipinski definition) is 7. The highest BCUT2D eigenvalue weighted by molar-refractivity contribution is 5.89. The second-order valence-electron chi connectivity index (χ2n) is 9.66. The van der Waals surface area contributed by atoms with Crippen LogP contribution in [0.3, 0.4) is 0 Å². The molecule has 1 fully saturated rings. The van der Waals surface area contributed by atoms with Crippen LogP contribution in [0.2, 0.25) is 0 Å². The van der Waals surface area contributed by atoms with Crippen LogP contribution in [0.15, 0.2) is 36.9 Å². The van der Waals surface area contributed by atoms with Crippen LogP contribution in [0.25, 0.3) is 27.9 Å². The van der Waals surface area contributed by atoms with Gasteiger partial charge in [-0.05, 0) is 42.9 Å². The van der Waals surface area contributed by atoms with Crippen LogP contribution in [0, 0.1) is 5.92 Å². The first-order valence-corrected chi connectivity index (χ1v) is 12.1. The minimum absolute atomic E-state index is 0.302. The van der Waals surface area contributed by atoms with Gasteiger partial charge in [-0.25, -0.2) is 9.50 Å². The molecule has 0 radical (unpaired) electrons. The summed E-state index contributed by atoms with van der Waals surface area (Å²) in [6.45, 7) is 7.50. The van der Waals surface area contributed by atoms with Gasteiger partial charge < -0.3 is 9.72 Å². The van der Waals surface area contributed by atoms with E-state index >= 15 is 0 Å². The first-order chi connectivity index (χ1) is 17.1. The number of H-pyrrole nitrogens is 2. The molecule has 5 aromatic heterocycles. The minimum atomic E-state index is 0.302. The second kappa shape index (κ2) is 8.77. The maximum Gasteiger partial charge on any atom is 0.197 e. The summed E-state index contributed by atoms with van der Waals surface area (Å²) in [5, 5.41) is 15.0. The van der Waals surface area contributed by atoms with Crippen LogP contribution in [-0.4, -0.2) is 65.1 Å². The molecule has 2 N–H and O–H groups in total. The lowest BCUT2D eigenvalue weighted by Crippen LogP contribution is -2.46. The van der Waals surface area contributed by atoms with E-state index in [0.29, 0.717) is 23.2 Å². The lowest BCUT2D eigenvalue weighted by molar-refractivity contribution is 0.0851. The van der Waals surface area contributed by atoms with E-state index in [4.69, 9.17) is 9.72 Å². The molecule has 1 aliphatic heterocycles. The van der Waals surface area contributed by atoms with Crippen LogP contribution in [0.1, 0.15) is 43.1 Å². The van der Waals surface area contributed by atoms with E-state index < -0.39 is 0 Å². The Kier molecular flexibility index (Phi) is 5.44. The molecule has 180 valence electrons. The Morgan fingerprint density at radius 1 is 1.20 bits per heavy atom. The summed E-state index contributed by atoms with van der Waals surface area (Å²) in [4.78, 5) is 15.4. The van der Waals surface area contributed by atoms with E-state index in [1.165, 1.54) is 5.56 Å². The van der Waals surface area contributed by atoms with E-state index in [1.54, 1.807) is 18.0 Å². The number of methoxy groups -OCH3 is 1. The number of aromatic nitrogens is 8. The standard InChI is InChI=1S/C25H29N9O/c1-15(2)22-23(17-8-21(35-3)25-26-14-28-34(25)12-17)30-20-7-6-18(29-24(20)22)5-4-16-10-33(11-16)13-19-9-27-32-31-19/h6-9,12,14-16,30H,4-5,10-11,13H2,1-3H3,(H,27,31,32). The number of pyridine rings is 2. The number of aryl methyl sites for hydroxylation is 1. The number of nitrogens with one attached hydrogen (secondary N) is 2. The molecule has 0 aromatic carbocycles. The fraction of sp³-hybridized carbons (Fsp3) is 0.400. The molecule has 0 amide bonds. The van der Waals surface area contributed by atoms with Gasteiger partial charge in [0.1, 0.15) is 6.33 Å². The van der Waals surface area contributed by atoms with Gasteiger partial charge in [-0.2, -0.15) is 5.10 Å². The summed E-state index contributed by atoms with van der Waals surface area (Å²) in [5.41, 5.74) is 8.21. The van der Waals surface area contributed by atoms with Crippen molar-refractivity contribution < 1.29 is 4.74 Å². The lowest BCUT2D eigenvalue weighted by atomic mass is 9.93.